The number of benzene rings is 3. The van der Waals surface area contributed by atoms with Crippen LogP contribution < -0.4 is 10.2 Å². The Bertz CT molecular complexity index is 1240. The maximum Gasteiger partial charge on any atom is 0.416 e. The molecule has 3 aromatic carbocycles. The minimum atomic E-state index is -4.60. The molecular weight excluding hydrogens is 417 g/mol. The zero-order valence-corrected chi connectivity index (χ0v) is 17.3. The van der Waals surface area contributed by atoms with Crippen molar-refractivity contribution in [1.29, 1.82) is 0 Å². The molecule has 1 N–H and O–H groups in total. The number of alkyl halides is 3. The molecule has 1 aliphatic rings. The molecule has 1 aliphatic heterocycles. The molecule has 162 valence electrons. The van der Waals surface area contributed by atoms with Gasteiger partial charge in [-0.05, 0) is 55.3 Å². The van der Waals surface area contributed by atoms with Crippen LogP contribution in [-0.4, -0.2) is 11.8 Å². The molecule has 0 saturated carbocycles. The van der Waals surface area contributed by atoms with Gasteiger partial charge in [0.25, 0.3) is 11.8 Å². The first-order valence-corrected chi connectivity index (χ1v) is 9.86. The van der Waals surface area contributed by atoms with E-state index < -0.39 is 23.6 Å². The lowest BCUT2D eigenvalue weighted by Crippen LogP contribution is -2.32. The van der Waals surface area contributed by atoms with Crippen LogP contribution in [0.1, 0.15) is 22.3 Å². The van der Waals surface area contributed by atoms with Crippen molar-refractivity contribution < 1.29 is 22.8 Å². The second-order valence-corrected chi connectivity index (χ2v) is 7.60. The molecule has 4 nitrogen and oxygen atoms in total. The van der Waals surface area contributed by atoms with Gasteiger partial charge in [-0.15, -0.1) is 0 Å². The Balaban J connectivity index is 1.82. The third kappa shape index (κ3) is 4.01. The van der Waals surface area contributed by atoms with E-state index in [4.69, 9.17) is 0 Å². The van der Waals surface area contributed by atoms with E-state index in [1.54, 1.807) is 36.4 Å². The van der Waals surface area contributed by atoms with Crippen LogP contribution >= 0.6 is 0 Å². The van der Waals surface area contributed by atoms with Gasteiger partial charge >= 0.3 is 6.18 Å². The molecule has 0 atom stereocenters. The predicted molar refractivity (Wildman–Crippen MR) is 117 cm³/mol. The van der Waals surface area contributed by atoms with E-state index in [0.29, 0.717) is 11.3 Å². The maximum atomic E-state index is 13.4. The predicted octanol–water partition coefficient (Wildman–Crippen LogP) is 5.72. The van der Waals surface area contributed by atoms with Crippen molar-refractivity contribution in [3.05, 3.63) is 101 Å². The number of halogens is 3. The normalized spacial score (nSPS) is 14.3. The quantitative estimate of drug-likeness (QED) is 0.533. The summed E-state index contributed by atoms with van der Waals surface area (Å²) in [5.41, 5.74) is 2.05. The van der Waals surface area contributed by atoms with Crippen molar-refractivity contribution in [2.45, 2.75) is 20.0 Å². The zero-order chi connectivity index (χ0) is 23.0. The average Bonchev–Trinajstić information content (AvgIpc) is 2.98. The van der Waals surface area contributed by atoms with Crippen LogP contribution in [0.5, 0.6) is 0 Å². The second-order valence-electron chi connectivity index (χ2n) is 7.60. The zero-order valence-electron chi connectivity index (χ0n) is 17.3. The number of carbonyl (C=O) groups is 2. The average molecular weight is 436 g/mol. The lowest BCUT2D eigenvalue weighted by molar-refractivity contribution is -0.137. The molecule has 3 aromatic rings. The van der Waals surface area contributed by atoms with Crippen molar-refractivity contribution in [1.82, 2.24) is 0 Å². The number of imide groups is 1. The summed E-state index contributed by atoms with van der Waals surface area (Å²) in [4.78, 5) is 27.5. The molecule has 0 spiro atoms. The summed E-state index contributed by atoms with van der Waals surface area (Å²) in [5.74, 6) is -1.40. The number of nitrogens with zero attached hydrogens (tertiary/aromatic N) is 1. The lowest BCUT2D eigenvalue weighted by atomic mass is 10.0. The molecule has 2 amide bonds. The van der Waals surface area contributed by atoms with Gasteiger partial charge in [-0.2, -0.15) is 13.2 Å². The standard InChI is InChI=1S/C25H19F3N2O2/c1-15-9-11-17(12-10-15)21-22(29-19-7-3-5-16(2)13-19)24(32)30(23(21)31)20-8-4-6-18(14-20)25(26,27)28/h3-14,29H,1-2H3. The summed E-state index contributed by atoms with van der Waals surface area (Å²) < 4.78 is 39.7. The smallest absolute Gasteiger partial charge is 0.350 e. The molecule has 0 bridgehead atoms. The fraction of sp³-hybridized carbons (Fsp3) is 0.120. The summed E-state index contributed by atoms with van der Waals surface area (Å²) in [6.07, 6.45) is -4.60. The molecule has 4 rings (SSSR count). The van der Waals surface area contributed by atoms with E-state index in [1.165, 1.54) is 12.1 Å². The van der Waals surface area contributed by atoms with Crippen LogP contribution in [0, 0.1) is 13.8 Å². The van der Waals surface area contributed by atoms with E-state index in [1.807, 2.05) is 26.0 Å². The van der Waals surface area contributed by atoms with E-state index in [9.17, 15) is 22.8 Å². The van der Waals surface area contributed by atoms with Crippen LogP contribution in [-0.2, 0) is 15.8 Å². The van der Waals surface area contributed by atoms with Crippen LogP contribution in [0.15, 0.2) is 78.5 Å². The van der Waals surface area contributed by atoms with Crippen LogP contribution in [0.2, 0.25) is 0 Å². The third-order valence-electron chi connectivity index (χ3n) is 5.14. The number of carbonyl (C=O) groups excluding carboxylic acids is 2. The van der Waals surface area contributed by atoms with Gasteiger partial charge in [0, 0.05) is 5.69 Å². The summed E-state index contributed by atoms with van der Waals surface area (Å²) in [6, 6.07) is 18.5. The fourth-order valence-electron chi connectivity index (χ4n) is 3.56. The maximum absolute atomic E-state index is 13.4. The monoisotopic (exact) mass is 436 g/mol. The number of nitrogens with one attached hydrogen (secondary N) is 1. The molecule has 1 heterocycles. The molecule has 7 heteroatoms. The molecule has 0 radical (unpaired) electrons. The van der Waals surface area contributed by atoms with Crippen molar-refractivity contribution >= 4 is 28.8 Å². The summed E-state index contributed by atoms with van der Waals surface area (Å²) in [6.45, 7) is 3.78. The lowest BCUT2D eigenvalue weighted by Gasteiger charge is -2.17. The highest BCUT2D eigenvalue weighted by atomic mass is 19.4. The van der Waals surface area contributed by atoms with E-state index in [2.05, 4.69) is 5.32 Å². The third-order valence-corrected chi connectivity index (χ3v) is 5.14. The van der Waals surface area contributed by atoms with Crippen molar-refractivity contribution in [3.63, 3.8) is 0 Å². The van der Waals surface area contributed by atoms with E-state index in [-0.39, 0.29) is 17.0 Å². The summed E-state index contributed by atoms with van der Waals surface area (Å²) in [5, 5.41) is 3.02. The molecule has 0 aromatic heterocycles. The Morgan fingerprint density at radius 2 is 1.47 bits per heavy atom. The Labute approximate surface area is 183 Å². The van der Waals surface area contributed by atoms with Crippen LogP contribution in [0.4, 0.5) is 24.5 Å². The van der Waals surface area contributed by atoms with Crippen LogP contribution in [0.3, 0.4) is 0 Å². The number of amides is 2. The topological polar surface area (TPSA) is 49.4 Å². The highest BCUT2D eigenvalue weighted by Crippen LogP contribution is 2.37. The first kappa shape index (κ1) is 21.4. The Kier molecular flexibility index (Phi) is 5.34. The van der Waals surface area contributed by atoms with Crippen LogP contribution in [0.25, 0.3) is 5.57 Å². The summed E-state index contributed by atoms with van der Waals surface area (Å²) in [7, 11) is 0. The molecule has 0 aliphatic carbocycles. The summed E-state index contributed by atoms with van der Waals surface area (Å²) >= 11 is 0. The minimum Gasteiger partial charge on any atom is -0.350 e. The van der Waals surface area contributed by atoms with Gasteiger partial charge in [0.1, 0.15) is 5.70 Å². The number of hydrogen-bond donors (Lipinski definition) is 1. The van der Waals surface area contributed by atoms with Crippen molar-refractivity contribution in [3.8, 4) is 0 Å². The highest BCUT2D eigenvalue weighted by molar-refractivity contribution is 6.46. The number of anilines is 2. The molecule has 0 fully saturated rings. The number of hydrogen-bond acceptors (Lipinski definition) is 3. The van der Waals surface area contributed by atoms with Crippen molar-refractivity contribution in [2.24, 2.45) is 0 Å². The first-order chi connectivity index (χ1) is 15.1. The molecule has 32 heavy (non-hydrogen) atoms. The van der Waals surface area contributed by atoms with Crippen molar-refractivity contribution in [2.75, 3.05) is 10.2 Å². The second kappa shape index (κ2) is 8.00. The Morgan fingerprint density at radius 1 is 0.781 bits per heavy atom. The van der Waals surface area contributed by atoms with E-state index >= 15 is 0 Å². The van der Waals surface area contributed by atoms with Gasteiger partial charge in [0.15, 0.2) is 0 Å². The van der Waals surface area contributed by atoms with Gasteiger partial charge in [0.05, 0.1) is 16.8 Å². The highest BCUT2D eigenvalue weighted by Gasteiger charge is 2.41. The van der Waals surface area contributed by atoms with Gasteiger partial charge < -0.3 is 5.32 Å². The number of aryl methyl sites for hydroxylation is 2. The SMILES string of the molecule is Cc1ccc(C2=C(Nc3cccc(C)c3)C(=O)N(c3cccc(C(F)(F)F)c3)C2=O)cc1. The number of rotatable bonds is 4. The fourth-order valence-corrected chi connectivity index (χ4v) is 3.56. The Morgan fingerprint density at radius 3 is 2.12 bits per heavy atom. The van der Waals surface area contributed by atoms with Gasteiger partial charge in [-0.1, -0.05) is 48.0 Å². The van der Waals surface area contributed by atoms with Gasteiger partial charge in [0.2, 0.25) is 0 Å². The minimum absolute atomic E-state index is 0.0156. The molecule has 0 saturated heterocycles. The first-order valence-electron chi connectivity index (χ1n) is 9.86. The largest absolute Gasteiger partial charge is 0.416 e. The molecule has 0 unspecified atom stereocenters. The molecular formula is C25H19F3N2O2. The van der Waals surface area contributed by atoms with Gasteiger partial charge in [-0.25, -0.2) is 4.90 Å². The van der Waals surface area contributed by atoms with E-state index in [0.717, 1.165) is 28.2 Å². The van der Waals surface area contributed by atoms with Gasteiger partial charge in [-0.3, -0.25) is 9.59 Å². The Hall–Kier alpha value is -3.87.